The molecular weight excluding hydrogens is 542 g/mol. The van der Waals surface area contributed by atoms with E-state index < -0.39 is 9.84 Å². The average Bonchev–Trinajstić information content (AvgIpc) is 3.57. The first kappa shape index (κ1) is 23.4. The van der Waals surface area contributed by atoms with Crippen molar-refractivity contribution in [2.45, 2.75) is 9.79 Å². The van der Waals surface area contributed by atoms with Crippen LogP contribution in [0, 0.1) is 0 Å². The van der Waals surface area contributed by atoms with Crippen LogP contribution in [0.2, 0.25) is 0 Å². The molecule has 8 aromatic rings. The van der Waals surface area contributed by atoms with E-state index in [1.807, 2.05) is 36.4 Å². The molecule has 6 heteroatoms. The normalized spacial score (nSPS) is 13.8. The van der Waals surface area contributed by atoms with Crippen LogP contribution in [0.5, 0.6) is 11.5 Å². The molecule has 0 atom stereocenters. The second-order valence-corrected chi connectivity index (χ2v) is 12.4. The molecule has 0 fully saturated rings. The number of benzene rings is 6. The molecule has 42 heavy (non-hydrogen) atoms. The topological polar surface area (TPSA) is 61.4 Å². The quantitative estimate of drug-likeness (QED) is 0.210. The Bertz CT molecular complexity index is 2470. The zero-order valence-electron chi connectivity index (χ0n) is 22.1. The van der Waals surface area contributed by atoms with Crippen LogP contribution in [-0.2, 0) is 9.84 Å². The molecule has 1 aliphatic rings. The van der Waals surface area contributed by atoms with Gasteiger partial charge in [-0.25, -0.2) is 8.42 Å². The summed E-state index contributed by atoms with van der Waals surface area (Å²) in [5.41, 5.74) is 5.95. The predicted molar refractivity (Wildman–Crippen MR) is 165 cm³/mol. The summed E-state index contributed by atoms with van der Waals surface area (Å²) in [6.45, 7) is 0. The lowest BCUT2D eigenvalue weighted by molar-refractivity contribution is 0.444. The maximum absolute atomic E-state index is 13.7. The molecule has 200 valence electrons. The molecule has 0 radical (unpaired) electrons. The van der Waals surface area contributed by atoms with E-state index in [1.165, 1.54) is 0 Å². The molecular formula is C36H21NO4S. The molecule has 0 spiro atoms. The first-order valence-corrected chi connectivity index (χ1v) is 15.2. The predicted octanol–water partition coefficient (Wildman–Crippen LogP) is 9.29. The monoisotopic (exact) mass is 563 g/mol. The fourth-order valence-electron chi connectivity index (χ4n) is 6.37. The molecule has 0 aliphatic carbocycles. The smallest absolute Gasteiger partial charge is 0.213 e. The van der Waals surface area contributed by atoms with Crippen molar-refractivity contribution in [1.29, 1.82) is 0 Å². The number of rotatable bonds is 2. The van der Waals surface area contributed by atoms with E-state index >= 15 is 0 Å². The Balaban J connectivity index is 1.41. The van der Waals surface area contributed by atoms with Crippen molar-refractivity contribution < 1.29 is 17.6 Å². The van der Waals surface area contributed by atoms with Gasteiger partial charge in [0.25, 0.3) is 0 Å². The molecule has 0 amide bonds. The number of fused-ring (bicyclic) bond motifs is 8. The van der Waals surface area contributed by atoms with Crippen molar-refractivity contribution in [2.75, 3.05) is 0 Å². The maximum Gasteiger partial charge on any atom is 0.213 e. The largest absolute Gasteiger partial charge is 0.455 e. The minimum Gasteiger partial charge on any atom is -0.455 e. The Morgan fingerprint density at radius 2 is 1.19 bits per heavy atom. The van der Waals surface area contributed by atoms with Gasteiger partial charge in [-0.15, -0.1) is 0 Å². The Kier molecular flexibility index (Phi) is 4.65. The zero-order valence-corrected chi connectivity index (χ0v) is 22.9. The number of sulfone groups is 1. The van der Waals surface area contributed by atoms with Crippen molar-refractivity contribution in [3.63, 3.8) is 0 Å². The summed E-state index contributed by atoms with van der Waals surface area (Å²) in [5.74, 6) is 0.620. The van der Waals surface area contributed by atoms with E-state index in [0.29, 0.717) is 22.6 Å². The van der Waals surface area contributed by atoms with Crippen molar-refractivity contribution >= 4 is 53.6 Å². The molecule has 0 saturated carbocycles. The van der Waals surface area contributed by atoms with Gasteiger partial charge in [0.05, 0.1) is 11.0 Å². The molecule has 0 N–H and O–H groups in total. The van der Waals surface area contributed by atoms with E-state index in [4.69, 9.17) is 9.15 Å². The lowest BCUT2D eigenvalue weighted by atomic mass is 10.00. The van der Waals surface area contributed by atoms with Crippen LogP contribution in [0.3, 0.4) is 0 Å². The number of furan rings is 1. The Morgan fingerprint density at radius 3 is 1.98 bits per heavy atom. The Labute approximate surface area is 240 Å². The first-order valence-electron chi connectivity index (χ1n) is 13.7. The minimum atomic E-state index is -3.78. The van der Waals surface area contributed by atoms with Gasteiger partial charge in [0.15, 0.2) is 5.75 Å². The number of ether oxygens (including phenoxy) is 1. The average molecular weight is 564 g/mol. The van der Waals surface area contributed by atoms with E-state index in [2.05, 4.69) is 59.2 Å². The van der Waals surface area contributed by atoms with Crippen molar-refractivity contribution in [1.82, 2.24) is 4.57 Å². The van der Waals surface area contributed by atoms with Crippen molar-refractivity contribution in [3.8, 4) is 28.3 Å². The van der Waals surface area contributed by atoms with Crippen molar-refractivity contribution in [3.05, 3.63) is 127 Å². The molecule has 2 aromatic heterocycles. The van der Waals surface area contributed by atoms with Gasteiger partial charge in [0.1, 0.15) is 26.7 Å². The summed E-state index contributed by atoms with van der Waals surface area (Å²) < 4.78 is 42.6. The minimum absolute atomic E-state index is 0.144. The van der Waals surface area contributed by atoms with Crippen LogP contribution in [0.25, 0.3) is 60.6 Å². The SMILES string of the molecule is O=S1(=O)c2ccccc2Oc2c(-c3cc(-n4c5ccccc5c5ccccc54)cc4c3oc3ccccc34)cccc21. The van der Waals surface area contributed by atoms with E-state index in [1.54, 1.807) is 36.4 Å². The van der Waals surface area contributed by atoms with Crippen LogP contribution in [0.4, 0.5) is 0 Å². The summed E-state index contributed by atoms with van der Waals surface area (Å²) >= 11 is 0. The third kappa shape index (κ3) is 3.10. The van der Waals surface area contributed by atoms with Gasteiger partial charge in [-0.1, -0.05) is 78.9 Å². The molecule has 1 aliphatic heterocycles. The van der Waals surface area contributed by atoms with Gasteiger partial charge in [0, 0.05) is 38.4 Å². The summed E-state index contributed by atoms with van der Waals surface area (Å²) in [6.07, 6.45) is 0. The number of hydrogen-bond donors (Lipinski definition) is 0. The molecule has 6 aromatic carbocycles. The third-order valence-electron chi connectivity index (χ3n) is 8.21. The summed E-state index contributed by atoms with van der Waals surface area (Å²) in [7, 11) is -3.78. The molecule has 0 saturated heterocycles. The molecule has 0 unspecified atom stereocenters. The standard InChI is InChI=1S/C36H21NO4S/c38-42(39)33-18-8-7-17-32(33)41-36-26(13-9-19-34(36)42)28-21-22(20-27-25-12-3-6-16-31(25)40-35(27)28)37-29-14-4-1-10-23(29)24-11-2-5-15-30(24)37/h1-21H. The lowest BCUT2D eigenvalue weighted by Gasteiger charge is -2.23. The number of aromatic nitrogens is 1. The van der Waals surface area contributed by atoms with Gasteiger partial charge < -0.3 is 13.7 Å². The Morgan fingerprint density at radius 1 is 0.548 bits per heavy atom. The maximum atomic E-state index is 13.7. The van der Waals surface area contributed by atoms with Gasteiger partial charge in [0.2, 0.25) is 9.84 Å². The number of hydrogen-bond acceptors (Lipinski definition) is 4. The second kappa shape index (κ2) is 8.35. The van der Waals surface area contributed by atoms with Crippen LogP contribution in [0.15, 0.2) is 142 Å². The van der Waals surface area contributed by atoms with Gasteiger partial charge >= 0.3 is 0 Å². The highest BCUT2D eigenvalue weighted by Gasteiger charge is 2.33. The van der Waals surface area contributed by atoms with Crippen LogP contribution >= 0.6 is 0 Å². The highest BCUT2D eigenvalue weighted by Crippen LogP contribution is 2.49. The van der Waals surface area contributed by atoms with Crippen LogP contribution in [0.1, 0.15) is 0 Å². The van der Waals surface area contributed by atoms with E-state index in [9.17, 15) is 8.42 Å². The zero-order chi connectivity index (χ0) is 28.0. The summed E-state index contributed by atoms with van der Waals surface area (Å²) in [6, 6.07) is 41.0. The molecule has 5 nitrogen and oxygen atoms in total. The summed E-state index contributed by atoms with van der Waals surface area (Å²) in [4.78, 5) is 0.313. The highest BCUT2D eigenvalue weighted by molar-refractivity contribution is 7.91. The fourth-order valence-corrected chi connectivity index (χ4v) is 7.89. The van der Waals surface area contributed by atoms with Crippen LogP contribution in [-0.4, -0.2) is 13.0 Å². The van der Waals surface area contributed by atoms with Crippen LogP contribution < -0.4 is 4.74 Å². The first-order chi connectivity index (χ1) is 20.6. The third-order valence-corrected chi connectivity index (χ3v) is 10.0. The lowest BCUT2D eigenvalue weighted by Crippen LogP contribution is -2.11. The second-order valence-electron chi connectivity index (χ2n) is 10.5. The van der Waals surface area contributed by atoms with E-state index in [-0.39, 0.29) is 9.79 Å². The fraction of sp³-hybridized carbons (Fsp3) is 0. The summed E-state index contributed by atoms with van der Waals surface area (Å²) in [5, 5.41) is 4.25. The molecule has 9 rings (SSSR count). The van der Waals surface area contributed by atoms with Gasteiger partial charge in [-0.3, -0.25) is 0 Å². The van der Waals surface area contributed by atoms with Gasteiger partial charge in [-0.05, 0) is 48.5 Å². The van der Waals surface area contributed by atoms with E-state index in [0.717, 1.165) is 49.4 Å². The molecule has 0 bridgehead atoms. The number of nitrogens with zero attached hydrogens (tertiary/aromatic N) is 1. The Hall–Kier alpha value is -5.33. The number of para-hydroxylation sites is 5. The van der Waals surface area contributed by atoms with Gasteiger partial charge in [-0.2, -0.15) is 0 Å². The molecule has 3 heterocycles. The van der Waals surface area contributed by atoms with Crippen molar-refractivity contribution in [2.24, 2.45) is 0 Å². The highest BCUT2D eigenvalue weighted by atomic mass is 32.2.